The Morgan fingerprint density at radius 3 is 2.59 bits per heavy atom. The first-order valence-corrected chi connectivity index (χ1v) is 10.6. The molecule has 3 aromatic rings. The summed E-state index contributed by atoms with van der Waals surface area (Å²) in [5.41, 5.74) is -1.35. The van der Waals surface area contributed by atoms with Crippen molar-refractivity contribution in [2.75, 3.05) is 25.9 Å². The lowest BCUT2D eigenvalue weighted by molar-refractivity contribution is 0.172. The number of hydrogen-bond donors (Lipinski definition) is 2. The Bertz CT molecular complexity index is 1410. The van der Waals surface area contributed by atoms with Crippen LogP contribution in [-0.4, -0.2) is 45.1 Å². The molecule has 170 valence electrons. The van der Waals surface area contributed by atoms with E-state index in [1.807, 2.05) is 9.44 Å². The second-order valence-corrected chi connectivity index (χ2v) is 8.39. The van der Waals surface area contributed by atoms with Gasteiger partial charge in [0, 0.05) is 32.8 Å². The van der Waals surface area contributed by atoms with Crippen molar-refractivity contribution in [1.29, 1.82) is 0 Å². The molecule has 3 rings (SSSR count). The second-order valence-electron chi connectivity index (χ2n) is 6.77. The van der Waals surface area contributed by atoms with E-state index < -0.39 is 40.0 Å². The van der Waals surface area contributed by atoms with Crippen molar-refractivity contribution >= 4 is 33.0 Å². The van der Waals surface area contributed by atoms with Crippen LogP contribution in [0.1, 0.15) is 5.56 Å². The third-order valence-corrected chi connectivity index (χ3v) is 5.36. The van der Waals surface area contributed by atoms with E-state index in [0.717, 1.165) is 7.05 Å². The number of ether oxygens (including phenoxy) is 1. The summed E-state index contributed by atoms with van der Waals surface area (Å²) in [4.78, 5) is 38.1. The van der Waals surface area contributed by atoms with E-state index in [1.165, 1.54) is 55.4 Å². The molecule has 0 saturated heterocycles. The molecule has 0 bridgehead atoms. The maximum absolute atomic E-state index is 14.8. The van der Waals surface area contributed by atoms with Crippen LogP contribution >= 0.6 is 0 Å². The van der Waals surface area contributed by atoms with Gasteiger partial charge in [-0.3, -0.25) is 9.52 Å². The number of anilines is 1. The number of rotatable bonds is 6. The van der Waals surface area contributed by atoms with Crippen LogP contribution in [0.4, 0.5) is 14.9 Å². The number of nitrogens with one attached hydrogen (secondary N) is 2. The van der Waals surface area contributed by atoms with Gasteiger partial charge in [0.2, 0.25) is 0 Å². The van der Waals surface area contributed by atoms with E-state index in [0.29, 0.717) is 4.57 Å². The number of aromatic nitrogens is 1. The second kappa shape index (κ2) is 8.80. The first-order chi connectivity index (χ1) is 15.0. The highest BCUT2D eigenvalue weighted by atomic mass is 32.2. The van der Waals surface area contributed by atoms with Gasteiger partial charge in [-0.05, 0) is 18.2 Å². The topological polar surface area (TPSA) is 140 Å². The smallest absolute Gasteiger partial charge is 0.410 e. The molecule has 0 unspecified atom stereocenters. The number of nitrogens with zero attached hydrogens (tertiary/aromatic N) is 2. The van der Waals surface area contributed by atoms with Gasteiger partial charge in [0.25, 0.3) is 15.8 Å². The lowest BCUT2D eigenvalue weighted by Crippen LogP contribution is -2.33. The van der Waals surface area contributed by atoms with Crippen LogP contribution in [-0.2, 0) is 16.8 Å². The standard InChI is InChI=1S/C19H19FN4O7S/c1-21-32(28,29)22-14-6-4-5-11(16(14)20)10-24-17(25)13-8-7-12(30-18(26)23(2)3)9-15(13)31-19(24)27/h4-9,21-22H,10H2,1-3H3. The molecule has 13 heteroatoms. The minimum Gasteiger partial charge on any atom is -0.410 e. The lowest BCUT2D eigenvalue weighted by Gasteiger charge is -2.12. The Labute approximate surface area is 181 Å². The largest absolute Gasteiger partial charge is 0.422 e. The number of amides is 1. The van der Waals surface area contributed by atoms with E-state index in [4.69, 9.17) is 9.15 Å². The zero-order valence-electron chi connectivity index (χ0n) is 17.2. The number of benzene rings is 2. The molecule has 2 N–H and O–H groups in total. The van der Waals surface area contributed by atoms with Gasteiger partial charge < -0.3 is 14.1 Å². The van der Waals surface area contributed by atoms with Crippen molar-refractivity contribution in [3.63, 3.8) is 0 Å². The quantitative estimate of drug-likeness (QED) is 0.554. The van der Waals surface area contributed by atoms with Gasteiger partial charge in [0.15, 0.2) is 5.82 Å². The van der Waals surface area contributed by atoms with Crippen LogP contribution in [0.5, 0.6) is 5.75 Å². The first-order valence-electron chi connectivity index (χ1n) is 9.08. The molecule has 0 aliphatic heterocycles. The normalized spacial score (nSPS) is 11.4. The van der Waals surface area contributed by atoms with Gasteiger partial charge in [-0.1, -0.05) is 12.1 Å². The molecule has 0 fully saturated rings. The number of hydrogen-bond acceptors (Lipinski definition) is 7. The SMILES string of the molecule is CNS(=O)(=O)Nc1cccc(Cn2c(=O)oc3cc(OC(=O)N(C)C)ccc3c2=O)c1F. The summed E-state index contributed by atoms with van der Waals surface area (Å²) in [6.07, 6.45) is -0.663. The molecule has 0 saturated carbocycles. The Hall–Kier alpha value is -3.71. The van der Waals surface area contributed by atoms with E-state index in [-0.39, 0.29) is 28.0 Å². The monoisotopic (exact) mass is 466 g/mol. The van der Waals surface area contributed by atoms with E-state index in [2.05, 4.69) is 0 Å². The third kappa shape index (κ3) is 4.78. The van der Waals surface area contributed by atoms with Crippen LogP contribution in [0.15, 0.2) is 50.4 Å². The van der Waals surface area contributed by atoms with Crippen molar-refractivity contribution in [2.24, 2.45) is 0 Å². The summed E-state index contributed by atoms with van der Waals surface area (Å²) in [6.45, 7) is -0.505. The van der Waals surface area contributed by atoms with Crippen LogP contribution in [0.2, 0.25) is 0 Å². The maximum Gasteiger partial charge on any atom is 0.422 e. The third-order valence-electron chi connectivity index (χ3n) is 4.34. The zero-order valence-corrected chi connectivity index (χ0v) is 18.0. The molecule has 1 aromatic heterocycles. The van der Waals surface area contributed by atoms with Crippen molar-refractivity contribution in [1.82, 2.24) is 14.2 Å². The molecule has 1 heterocycles. The molecule has 0 aliphatic rings. The summed E-state index contributed by atoms with van der Waals surface area (Å²) in [5, 5.41) is 0.00157. The van der Waals surface area contributed by atoms with Gasteiger partial charge >= 0.3 is 11.8 Å². The van der Waals surface area contributed by atoms with E-state index in [9.17, 15) is 27.2 Å². The molecule has 0 radical (unpaired) electrons. The molecule has 32 heavy (non-hydrogen) atoms. The predicted molar refractivity (Wildman–Crippen MR) is 114 cm³/mol. The van der Waals surface area contributed by atoms with Gasteiger partial charge in [-0.15, -0.1) is 0 Å². The Morgan fingerprint density at radius 2 is 1.94 bits per heavy atom. The van der Waals surface area contributed by atoms with Crippen molar-refractivity contribution in [2.45, 2.75) is 6.54 Å². The lowest BCUT2D eigenvalue weighted by atomic mass is 10.2. The maximum atomic E-state index is 14.8. The molecule has 0 spiro atoms. The summed E-state index contributed by atoms with van der Waals surface area (Å²) in [6, 6.07) is 7.73. The Balaban J connectivity index is 1.99. The van der Waals surface area contributed by atoms with E-state index >= 15 is 0 Å². The number of fused-ring (bicyclic) bond motifs is 1. The van der Waals surface area contributed by atoms with Crippen LogP contribution < -0.4 is 25.5 Å². The molecule has 1 amide bonds. The van der Waals surface area contributed by atoms with Gasteiger partial charge in [0.1, 0.15) is 11.3 Å². The summed E-state index contributed by atoms with van der Waals surface area (Å²) >= 11 is 0. The minimum atomic E-state index is -3.98. The Kier molecular flexibility index (Phi) is 6.32. The summed E-state index contributed by atoms with van der Waals surface area (Å²) in [7, 11) is 0.146. The van der Waals surface area contributed by atoms with E-state index in [1.54, 1.807) is 0 Å². The van der Waals surface area contributed by atoms with Gasteiger partial charge in [0.05, 0.1) is 17.6 Å². The average molecular weight is 466 g/mol. The molecular formula is C19H19FN4O7S. The average Bonchev–Trinajstić information content (AvgIpc) is 2.73. The fourth-order valence-electron chi connectivity index (χ4n) is 2.68. The number of carbonyl (C=O) groups is 1. The van der Waals surface area contributed by atoms with Crippen molar-refractivity contribution in [3.05, 3.63) is 68.7 Å². The fourth-order valence-corrected chi connectivity index (χ4v) is 3.23. The number of halogens is 1. The van der Waals surface area contributed by atoms with Gasteiger partial charge in [-0.2, -0.15) is 8.42 Å². The van der Waals surface area contributed by atoms with Crippen molar-refractivity contribution < 1.29 is 26.8 Å². The zero-order chi connectivity index (χ0) is 23.6. The van der Waals surface area contributed by atoms with Gasteiger partial charge in [-0.25, -0.2) is 23.3 Å². The van der Waals surface area contributed by atoms with Crippen LogP contribution in [0.25, 0.3) is 11.0 Å². The van der Waals surface area contributed by atoms with Crippen LogP contribution in [0, 0.1) is 5.82 Å². The fraction of sp³-hybridized carbons (Fsp3) is 0.211. The molecular weight excluding hydrogens is 447 g/mol. The highest BCUT2D eigenvalue weighted by molar-refractivity contribution is 7.90. The predicted octanol–water partition coefficient (Wildman–Crippen LogP) is 1.08. The van der Waals surface area contributed by atoms with Crippen LogP contribution in [0.3, 0.4) is 0 Å². The first kappa shape index (κ1) is 23.0. The van der Waals surface area contributed by atoms with Crippen molar-refractivity contribution in [3.8, 4) is 5.75 Å². The minimum absolute atomic E-state index is 0.00157. The highest BCUT2D eigenvalue weighted by Crippen LogP contribution is 2.21. The highest BCUT2D eigenvalue weighted by Gasteiger charge is 2.17. The molecule has 2 aromatic carbocycles. The summed E-state index contributed by atoms with van der Waals surface area (Å²) in [5.74, 6) is -1.96. The number of carbonyl (C=O) groups excluding carboxylic acids is 1. The molecule has 0 atom stereocenters. The molecule has 0 aliphatic carbocycles. The Morgan fingerprint density at radius 1 is 1.22 bits per heavy atom. The summed E-state index contributed by atoms with van der Waals surface area (Å²) < 4.78 is 52.9. The molecule has 11 nitrogen and oxygen atoms in total.